The van der Waals surface area contributed by atoms with E-state index >= 15 is 0 Å². The lowest BCUT2D eigenvalue weighted by Gasteiger charge is -2.56. The molecule has 3 unspecified atom stereocenters. The van der Waals surface area contributed by atoms with Crippen LogP contribution in [0.25, 0.3) is 5.65 Å². The van der Waals surface area contributed by atoms with Gasteiger partial charge in [0, 0.05) is 13.1 Å². The second kappa shape index (κ2) is 6.91. The van der Waals surface area contributed by atoms with Crippen molar-refractivity contribution in [2.45, 2.75) is 31.5 Å². The molecule has 6 rings (SSSR count). The summed E-state index contributed by atoms with van der Waals surface area (Å²) in [6, 6.07) is 11.5. The molecule has 0 saturated carbocycles. The number of aromatic nitrogens is 4. The lowest BCUT2D eigenvalue weighted by Crippen LogP contribution is -2.71. The Kier molecular flexibility index (Phi) is 4.22. The molecule has 0 radical (unpaired) electrons. The summed E-state index contributed by atoms with van der Waals surface area (Å²) in [5.41, 5.74) is 0.720. The Bertz CT molecular complexity index is 1020. The number of methoxy groups -OCH3 is 1. The summed E-state index contributed by atoms with van der Waals surface area (Å²) in [7, 11) is 1.62. The Balaban J connectivity index is 1.23. The third-order valence-corrected chi connectivity index (χ3v) is 5.64. The van der Waals surface area contributed by atoms with Crippen LogP contribution >= 0.6 is 0 Å². The van der Waals surface area contributed by atoms with Crippen molar-refractivity contribution < 1.29 is 14.3 Å². The predicted octanol–water partition coefficient (Wildman–Crippen LogP) is 1.39. The molecule has 0 spiro atoms. The molecule has 29 heavy (non-hydrogen) atoms. The van der Waals surface area contributed by atoms with Gasteiger partial charge < -0.3 is 19.3 Å². The molecule has 5 heterocycles. The summed E-state index contributed by atoms with van der Waals surface area (Å²) >= 11 is 0. The van der Waals surface area contributed by atoms with Crippen LogP contribution in [0.3, 0.4) is 0 Å². The molecular formula is C20H22N6O3. The van der Waals surface area contributed by atoms with E-state index < -0.39 is 6.10 Å². The van der Waals surface area contributed by atoms with Crippen LogP contribution in [0.4, 0.5) is 5.82 Å². The van der Waals surface area contributed by atoms with E-state index in [-0.39, 0.29) is 18.0 Å². The van der Waals surface area contributed by atoms with Crippen LogP contribution in [-0.2, 0) is 4.79 Å². The van der Waals surface area contributed by atoms with Crippen LogP contribution in [0.15, 0.2) is 42.7 Å². The molecule has 1 amide bonds. The number of anilines is 1. The van der Waals surface area contributed by atoms with E-state index in [2.05, 4.69) is 20.2 Å². The minimum atomic E-state index is -0.535. The van der Waals surface area contributed by atoms with Gasteiger partial charge in [-0.1, -0.05) is 0 Å². The number of amides is 1. The largest absolute Gasteiger partial charge is 0.497 e. The third kappa shape index (κ3) is 3.12. The van der Waals surface area contributed by atoms with Gasteiger partial charge in [0.15, 0.2) is 11.8 Å². The number of piperazine rings is 1. The molecule has 2 aromatic heterocycles. The van der Waals surface area contributed by atoms with Gasteiger partial charge >= 0.3 is 0 Å². The Morgan fingerprint density at radius 1 is 1.10 bits per heavy atom. The normalized spacial score (nSPS) is 21.6. The van der Waals surface area contributed by atoms with E-state index in [1.54, 1.807) is 24.9 Å². The first-order chi connectivity index (χ1) is 14.1. The van der Waals surface area contributed by atoms with Crippen molar-refractivity contribution in [3.8, 4) is 11.5 Å². The minimum Gasteiger partial charge on any atom is -0.497 e. The van der Waals surface area contributed by atoms with Crippen molar-refractivity contribution in [2.24, 2.45) is 0 Å². The highest BCUT2D eigenvalue weighted by Crippen LogP contribution is 2.35. The van der Waals surface area contributed by atoms with E-state index in [0.29, 0.717) is 5.75 Å². The average Bonchev–Trinajstić information content (AvgIpc) is 3.22. The second-order valence-corrected chi connectivity index (χ2v) is 7.45. The molecule has 9 heteroatoms. The van der Waals surface area contributed by atoms with Gasteiger partial charge in [0.05, 0.1) is 19.2 Å². The first kappa shape index (κ1) is 17.7. The van der Waals surface area contributed by atoms with Gasteiger partial charge in [-0.25, -0.2) is 0 Å². The first-order valence-corrected chi connectivity index (χ1v) is 9.67. The molecular weight excluding hydrogens is 372 g/mol. The topological polar surface area (TPSA) is 85.1 Å². The fraction of sp³-hybridized carbons (Fsp3) is 0.400. The highest BCUT2D eigenvalue weighted by atomic mass is 16.5. The standard InChI is InChI=1S/C20H22N6O3/c1-13(29-17-5-3-16(28-2)4-6-17)20(27)26-14-9-15(26)11-24(10-14)19-8-7-18-22-21-12-25(18)23-19/h3-8,12-15H,9-11H2,1-2H3. The number of ether oxygens (including phenoxy) is 2. The average molecular weight is 394 g/mol. The molecule has 3 aliphatic heterocycles. The summed E-state index contributed by atoms with van der Waals surface area (Å²) in [6.07, 6.45) is 2.08. The molecule has 3 saturated heterocycles. The van der Waals surface area contributed by atoms with Crippen LogP contribution in [0, 0.1) is 0 Å². The number of nitrogens with zero attached hydrogens (tertiary/aromatic N) is 6. The maximum atomic E-state index is 13.0. The zero-order chi connectivity index (χ0) is 20.0. The predicted molar refractivity (Wildman–Crippen MR) is 105 cm³/mol. The number of rotatable bonds is 5. The Labute approximate surface area is 167 Å². The first-order valence-electron chi connectivity index (χ1n) is 9.67. The van der Waals surface area contributed by atoms with Crippen molar-refractivity contribution in [2.75, 3.05) is 25.1 Å². The monoisotopic (exact) mass is 394 g/mol. The van der Waals surface area contributed by atoms with Gasteiger partial charge in [0.25, 0.3) is 5.91 Å². The number of hydrogen-bond acceptors (Lipinski definition) is 7. The van der Waals surface area contributed by atoms with Crippen LogP contribution in [0.1, 0.15) is 13.3 Å². The highest BCUT2D eigenvalue weighted by Gasteiger charge is 2.48. The van der Waals surface area contributed by atoms with E-state index in [1.165, 1.54) is 0 Å². The maximum absolute atomic E-state index is 13.0. The van der Waals surface area contributed by atoms with Crippen LogP contribution in [0.5, 0.6) is 11.5 Å². The van der Waals surface area contributed by atoms with Crippen molar-refractivity contribution in [3.05, 3.63) is 42.7 Å². The molecule has 1 aromatic carbocycles. The lowest BCUT2D eigenvalue weighted by molar-refractivity contribution is -0.153. The lowest BCUT2D eigenvalue weighted by atomic mass is 9.86. The summed E-state index contributed by atoms with van der Waals surface area (Å²) in [5.74, 6) is 2.32. The minimum absolute atomic E-state index is 0.0314. The highest BCUT2D eigenvalue weighted by molar-refractivity contribution is 5.83. The molecule has 3 fully saturated rings. The molecule has 0 aliphatic carbocycles. The van der Waals surface area contributed by atoms with Gasteiger partial charge in [0.1, 0.15) is 23.6 Å². The second-order valence-electron chi connectivity index (χ2n) is 7.45. The van der Waals surface area contributed by atoms with E-state index in [1.807, 2.05) is 41.3 Å². The summed E-state index contributed by atoms with van der Waals surface area (Å²) in [4.78, 5) is 17.2. The number of carbonyl (C=O) groups excluding carboxylic acids is 1. The van der Waals surface area contributed by atoms with Gasteiger partial charge in [0.2, 0.25) is 0 Å². The molecule has 150 valence electrons. The number of piperidine rings is 1. The molecule has 9 nitrogen and oxygen atoms in total. The zero-order valence-electron chi connectivity index (χ0n) is 16.3. The van der Waals surface area contributed by atoms with Crippen molar-refractivity contribution >= 4 is 17.4 Å². The number of fused-ring (bicyclic) bond motifs is 3. The van der Waals surface area contributed by atoms with Crippen molar-refractivity contribution in [3.63, 3.8) is 0 Å². The Hall–Kier alpha value is -3.36. The van der Waals surface area contributed by atoms with E-state index in [4.69, 9.17) is 9.47 Å². The van der Waals surface area contributed by atoms with Gasteiger partial charge in [-0.2, -0.15) is 4.52 Å². The number of carbonyl (C=O) groups is 1. The molecule has 0 N–H and O–H groups in total. The Morgan fingerprint density at radius 3 is 2.55 bits per heavy atom. The van der Waals surface area contributed by atoms with Crippen LogP contribution < -0.4 is 14.4 Å². The van der Waals surface area contributed by atoms with Crippen LogP contribution in [0.2, 0.25) is 0 Å². The zero-order valence-corrected chi connectivity index (χ0v) is 16.3. The van der Waals surface area contributed by atoms with Crippen molar-refractivity contribution in [1.82, 2.24) is 24.7 Å². The molecule has 3 aromatic rings. The Morgan fingerprint density at radius 2 is 1.83 bits per heavy atom. The fourth-order valence-corrected chi connectivity index (χ4v) is 4.16. The smallest absolute Gasteiger partial charge is 0.263 e. The van der Waals surface area contributed by atoms with Crippen LogP contribution in [-0.4, -0.2) is 69.0 Å². The maximum Gasteiger partial charge on any atom is 0.263 e. The summed E-state index contributed by atoms with van der Waals surface area (Å²) in [5, 5.41) is 12.4. The van der Waals surface area contributed by atoms with E-state index in [9.17, 15) is 4.79 Å². The van der Waals surface area contributed by atoms with E-state index in [0.717, 1.165) is 36.7 Å². The SMILES string of the molecule is COc1ccc(OC(C)C(=O)N2C3CC2CN(c2ccc4nncn4n2)C3)cc1. The van der Waals surface area contributed by atoms with Crippen molar-refractivity contribution in [1.29, 1.82) is 0 Å². The molecule has 2 bridgehead atoms. The van der Waals surface area contributed by atoms with Gasteiger partial charge in [-0.05, 0) is 49.7 Å². The number of benzene rings is 1. The van der Waals surface area contributed by atoms with Gasteiger partial charge in [-0.3, -0.25) is 4.79 Å². The quantitative estimate of drug-likeness (QED) is 0.646. The molecule has 3 atom stereocenters. The fourth-order valence-electron chi connectivity index (χ4n) is 4.16. The third-order valence-electron chi connectivity index (χ3n) is 5.64. The summed E-state index contributed by atoms with van der Waals surface area (Å²) in [6.45, 7) is 3.33. The number of hydrogen-bond donors (Lipinski definition) is 0. The molecule has 3 aliphatic rings. The summed E-state index contributed by atoms with van der Waals surface area (Å²) < 4.78 is 12.7. The van der Waals surface area contributed by atoms with Gasteiger partial charge in [-0.15, -0.1) is 15.3 Å².